The Morgan fingerprint density at radius 1 is 1.12 bits per heavy atom. The summed E-state index contributed by atoms with van der Waals surface area (Å²) in [6.07, 6.45) is 1.58. The van der Waals surface area contributed by atoms with E-state index in [9.17, 15) is 9.59 Å². The molecule has 0 aliphatic carbocycles. The molecular weight excluding hydrogens is 330 g/mol. The number of carbonyl (C=O) groups is 2. The Hall–Kier alpha value is -3.41. The highest BCUT2D eigenvalue weighted by Crippen LogP contribution is 2.14. The first-order chi connectivity index (χ1) is 12.6. The van der Waals surface area contributed by atoms with Crippen molar-refractivity contribution >= 4 is 23.2 Å². The van der Waals surface area contributed by atoms with Gasteiger partial charge in [-0.15, -0.1) is 6.58 Å². The van der Waals surface area contributed by atoms with E-state index in [1.54, 1.807) is 37.3 Å². The summed E-state index contributed by atoms with van der Waals surface area (Å²) in [4.78, 5) is 29.3. The molecule has 0 saturated carbocycles. The summed E-state index contributed by atoms with van der Waals surface area (Å²) in [6.45, 7) is 5.44. The Morgan fingerprint density at radius 2 is 1.81 bits per heavy atom. The number of oxime groups is 1. The van der Waals surface area contributed by atoms with Crippen LogP contribution in [-0.2, 0) is 9.63 Å². The number of hydrogen-bond acceptors (Lipinski definition) is 4. The molecule has 0 aliphatic heterocycles. The molecule has 0 aliphatic rings. The maximum Gasteiger partial charge on any atom is 0.265 e. The van der Waals surface area contributed by atoms with Crippen LogP contribution < -0.4 is 10.6 Å². The molecule has 0 saturated heterocycles. The van der Waals surface area contributed by atoms with E-state index in [0.717, 1.165) is 5.56 Å². The third-order valence-corrected chi connectivity index (χ3v) is 3.44. The summed E-state index contributed by atoms with van der Waals surface area (Å²) in [5.74, 6) is -0.696. The number of anilines is 1. The van der Waals surface area contributed by atoms with E-state index < -0.39 is 5.91 Å². The monoisotopic (exact) mass is 351 g/mol. The first kappa shape index (κ1) is 18.9. The minimum absolute atomic E-state index is 0.257. The number of nitrogens with zero attached hydrogens (tertiary/aromatic N) is 1. The topological polar surface area (TPSA) is 79.8 Å². The normalized spacial score (nSPS) is 10.7. The van der Waals surface area contributed by atoms with Crippen molar-refractivity contribution < 1.29 is 14.4 Å². The number of amides is 2. The first-order valence-electron chi connectivity index (χ1n) is 8.11. The second-order valence-corrected chi connectivity index (χ2v) is 5.41. The van der Waals surface area contributed by atoms with Gasteiger partial charge < -0.3 is 15.5 Å². The summed E-state index contributed by atoms with van der Waals surface area (Å²) in [5.41, 5.74) is 2.36. The molecular formula is C20H21N3O3. The SMILES string of the molecule is C=CCNC(=O)c1ccccc1NC(=O)CO/N=C(\C)c1ccccc1. The molecule has 2 amide bonds. The van der Waals surface area contributed by atoms with E-state index in [4.69, 9.17) is 4.84 Å². The molecule has 0 fully saturated rings. The Balaban J connectivity index is 1.94. The summed E-state index contributed by atoms with van der Waals surface area (Å²) in [6, 6.07) is 16.3. The molecule has 0 spiro atoms. The van der Waals surface area contributed by atoms with Crippen LogP contribution in [0.5, 0.6) is 0 Å². The Bertz CT molecular complexity index is 801. The van der Waals surface area contributed by atoms with Crippen LogP contribution in [-0.4, -0.2) is 30.7 Å². The molecule has 2 aromatic rings. The Morgan fingerprint density at radius 3 is 2.54 bits per heavy atom. The second-order valence-electron chi connectivity index (χ2n) is 5.41. The van der Waals surface area contributed by atoms with Crippen LogP contribution >= 0.6 is 0 Å². The zero-order chi connectivity index (χ0) is 18.8. The maximum atomic E-state index is 12.1. The van der Waals surface area contributed by atoms with E-state index in [1.807, 2.05) is 30.3 Å². The Labute approximate surface area is 152 Å². The van der Waals surface area contributed by atoms with Crippen molar-refractivity contribution in [3.8, 4) is 0 Å². The quantitative estimate of drug-likeness (QED) is 0.436. The van der Waals surface area contributed by atoms with Gasteiger partial charge in [0.1, 0.15) is 0 Å². The largest absolute Gasteiger partial charge is 0.385 e. The molecule has 2 aromatic carbocycles. The van der Waals surface area contributed by atoms with Crippen LogP contribution in [0, 0.1) is 0 Å². The van der Waals surface area contributed by atoms with Crippen molar-refractivity contribution in [1.29, 1.82) is 0 Å². The molecule has 2 rings (SSSR count). The van der Waals surface area contributed by atoms with Crippen LogP contribution in [0.4, 0.5) is 5.69 Å². The van der Waals surface area contributed by atoms with E-state index in [1.165, 1.54) is 0 Å². The lowest BCUT2D eigenvalue weighted by molar-refractivity contribution is -0.120. The predicted octanol–water partition coefficient (Wildman–Crippen LogP) is 2.98. The second kappa shape index (κ2) is 9.78. The lowest BCUT2D eigenvalue weighted by atomic mass is 10.1. The molecule has 0 radical (unpaired) electrons. The molecule has 0 heterocycles. The van der Waals surface area contributed by atoms with Crippen molar-refractivity contribution in [2.75, 3.05) is 18.5 Å². The fraction of sp³-hybridized carbons (Fsp3) is 0.150. The van der Waals surface area contributed by atoms with E-state index in [-0.39, 0.29) is 12.5 Å². The van der Waals surface area contributed by atoms with E-state index >= 15 is 0 Å². The fourth-order valence-electron chi connectivity index (χ4n) is 2.16. The van der Waals surface area contributed by atoms with Crippen molar-refractivity contribution in [3.63, 3.8) is 0 Å². The van der Waals surface area contributed by atoms with E-state index in [0.29, 0.717) is 23.5 Å². The van der Waals surface area contributed by atoms with E-state index in [2.05, 4.69) is 22.4 Å². The van der Waals surface area contributed by atoms with Gasteiger partial charge in [0.15, 0.2) is 6.61 Å². The molecule has 6 nitrogen and oxygen atoms in total. The minimum Gasteiger partial charge on any atom is -0.385 e. The average molecular weight is 351 g/mol. The number of nitrogens with one attached hydrogen (secondary N) is 2. The summed E-state index contributed by atoms with van der Waals surface area (Å²) in [7, 11) is 0. The van der Waals surface area contributed by atoms with Crippen LogP contribution in [0.1, 0.15) is 22.8 Å². The molecule has 134 valence electrons. The predicted molar refractivity (Wildman–Crippen MR) is 102 cm³/mol. The molecule has 6 heteroatoms. The standard InChI is InChI=1S/C20H21N3O3/c1-3-13-21-20(25)17-11-7-8-12-18(17)22-19(24)14-26-23-15(2)16-9-5-4-6-10-16/h3-12H,1,13-14H2,2H3,(H,21,25)(H,22,24)/b23-15+. The maximum absolute atomic E-state index is 12.1. The van der Waals surface area contributed by atoms with Gasteiger partial charge in [0, 0.05) is 6.54 Å². The lowest BCUT2D eigenvalue weighted by Crippen LogP contribution is -2.26. The zero-order valence-electron chi connectivity index (χ0n) is 14.6. The molecule has 26 heavy (non-hydrogen) atoms. The fourth-order valence-corrected chi connectivity index (χ4v) is 2.16. The number of rotatable bonds is 8. The average Bonchev–Trinajstić information content (AvgIpc) is 2.67. The molecule has 2 N–H and O–H groups in total. The van der Waals surface area contributed by atoms with Crippen molar-refractivity contribution in [2.24, 2.45) is 5.16 Å². The third-order valence-electron chi connectivity index (χ3n) is 3.44. The summed E-state index contributed by atoms with van der Waals surface area (Å²) in [5, 5.41) is 9.28. The van der Waals surface area contributed by atoms with Gasteiger partial charge in [-0.1, -0.05) is 53.7 Å². The van der Waals surface area contributed by atoms with Crippen LogP contribution in [0.2, 0.25) is 0 Å². The van der Waals surface area contributed by atoms with Crippen LogP contribution in [0.3, 0.4) is 0 Å². The molecule has 0 atom stereocenters. The van der Waals surface area contributed by atoms with Gasteiger partial charge in [-0.2, -0.15) is 0 Å². The van der Waals surface area contributed by atoms with Gasteiger partial charge in [0.05, 0.1) is 17.0 Å². The highest BCUT2D eigenvalue weighted by Gasteiger charge is 2.12. The number of para-hydroxylation sites is 1. The highest BCUT2D eigenvalue weighted by molar-refractivity contribution is 6.04. The van der Waals surface area contributed by atoms with Gasteiger partial charge in [-0.05, 0) is 24.6 Å². The van der Waals surface area contributed by atoms with Gasteiger partial charge in [0.2, 0.25) is 0 Å². The van der Waals surface area contributed by atoms with Gasteiger partial charge in [-0.25, -0.2) is 0 Å². The summed E-state index contributed by atoms with van der Waals surface area (Å²) < 4.78 is 0. The Kier molecular flexibility index (Phi) is 7.12. The molecule has 0 bridgehead atoms. The number of hydrogen-bond donors (Lipinski definition) is 2. The zero-order valence-corrected chi connectivity index (χ0v) is 14.6. The molecule has 0 unspecified atom stereocenters. The van der Waals surface area contributed by atoms with Crippen LogP contribution in [0.25, 0.3) is 0 Å². The number of carbonyl (C=O) groups excluding carboxylic acids is 2. The van der Waals surface area contributed by atoms with Gasteiger partial charge >= 0.3 is 0 Å². The molecule has 0 aromatic heterocycles. The van der Waals surface area contributed by atoms with Crippen LogP contribution in [0.15, 0.2) is 72.4 Å². The lowest BCUT2D eigenvalue weighted by Gasteiger charge is -2.10. The first-order valence-corrected chi connectivity index (χ1v) is 8.11. The van der Waals surface area contributed by atoms with Crippen molar-refractivity contribution in [1.82, 2.24) is 5.32 Å². The summed E-state index contributed by atoms with van der Waals surface area (Å²) >= 11 is 0. The highest BCUT2D eigenvalue weighted by atomic mass is 16.6. The van der Waals surface area contributed by atoms with Crippen molar-refractivity contribution in [3.05, 3.63) is 78.4 Å². The van der Waals surface area contributed by atoms with Gasteiger partial charge in [0.25, 0.3) is 11.8 Å². The van der Waals surface area contributed by atoms with Crippen molar-refractivity contribution in [2.45, 2.75) is 6.92 Å². The number of benzene rings is 2. The van der Waals surface area contributed by atoms with Gasteiger partial charge in [-0.3, -0.25) is 9.59 Å². The minimum atomic E-state index is -0.404. The third kappa shape index (κ3) is 5.59. The smallest absolute Gasteiger partial charge is 0.265 e.